The molecule has 0 spiro atoms. The lowest BCUT2D eigenvalue weighted by molar-refractivity contribution is -0.0212. The van der Waals surface area contributed by atoms with E-state index in [0.717, 1.165) is 40.5 Å². The summed E-state index contributed by atoms with van der Waals surface area (Å²) in [6, 6.07) is 18.5. The number of hydrogen-bond donors (Lipinski definition) is 0. The molecular weight excluding hydrogens is 396 g/mol. The van der Waals surface area contributed by atoms with E-state index >= 15 is 0 Å². The topological polar surface area (TPSA) is 43.3 Å². The van der Waals surface area contributed by atoms with Gasteiger partial charge in [0.25, 0.3) is 0 Å². The van der Waals surface area contributed by atoms with Crippen LogP contribution in [-0.2, 0) is 0 Å². The number of benzene rings is 2. The number of rotatable bonds is 6. The molecule has 5 rings (SSSR count). The van der Waals surface area contributed by atoms with E-state index in [4.69, 9.17) is 19.3 Å². The summed E-state index contributed by atoms with van der Waals surface area (Å²) in [6.07, 6.45) is 0.525. The molecule has 0 saturated carbocycles. The molecular formula is C24H24N2O3S. The highest BCUT2D eigenvalue weighted by molar-refractivity contribution is 7.12. The zero-order chi connectivity index (χ0) is 20.5. The summed E-state index contributed by atoms with van der Waals surface area (Å²) in [5.41, 5.74) is 3.26. The lowest BCUT2D eigenvalue weighted by Crippen LogP contribution is -2.33. The van der Waals surface area contributed by atoms with Gasteiger partial charge in [0.05, 0.1) is 29.8 Å². The normalized spacial score (nSPS) is 19.5. The van der Waals surface area contributed by atoms with Crippen LogP contribution in [0.1, 0.15) is 48.5 Å². The number of thiophene rings is 1. The minimum Gasteiger partial charge on any atom is -0.494 e. The predicted octanol–water partition coefficient (Wildman–Crippen LogP) is 5.79. The molecule has 0 fully saturated rings. The molecule has 30 heavy (non-hydrogen) atoms. The minimum atomic E-state index is -0.322. The quantitative estimate of drug-likeness (QED) is 0.506. The molecule has 6 heteroatoms. The number of nitrogens with zero attached hydrogens (tertiary/aromatic N) is 2. The van der Waals surface area contributed by atoms with Crippen molar-refractivity contribution in [3.8, 4) is 17.2 Å². The summed E-state index contributed by atoms with van der Waals surface area (Å²) in [7, 11) is 0. The van der Waals surface area contributed by atoms with Gasteiger partial charge in [-0.3, -0.25) is 0 Å². The molecule has 2 aromatic carbocycles. The maximum atomic E-state index is 6.54. The fourth-order valence-corrected chi connectivity index (χ4v) is 4.78. The Labute approximate surface area is 180 Å². The molecule has 0 saturated heterocycles. The van der Waals surface area contributed by atoms with E-state index in [1.807, 2.05) is 38.1 Å². The minimum absolute atomic E-state index is 0.114. The average Bonchev–Trinajstić information content (AvgIpc) is 3.45. The van der Waals surface area contributed by atoms with Gasteiger partial charge in [0.1, 0.15) is 5.75 Å². The molecule has 3 heterocycles. The maximum absolute atomic E-state index is 6.54. The second-order valence-electron chi connectivity index (χ2n) is 7.20. The summed E-state index contributed by atoms with van der Waals surface area (Å²) in [5, 5.41) is 9.20. The van der Waals surface area contributed by atoms with Crippen LogP contribution in [0.25, 0.3) is 0 Å². The molecule has 0 N–H and O–H groups in total. The number of hydrazone groups is 1. The van der Waals surface area contributed by atoms with E-state index in [-0.39, 0.29) is 12.3 Å². The number of para-hydroxylation sites is 1. The predicted molar refractivity (Wildman–Crippen MR) is 119 cm³/mol. The Bertz CT molecular complexity index is 1050. The Morgan fingerprint density at radius 2 is 1.87 bits per heavy atom. The van der Waals surface area contributed by atoms with E-state index in [1.54, 1.807) is 11.3 Å². The van der Waals surface area contributed by atoms with E-state index in [0.29, 0.717) is 13.2 Å². The molecule has 1 aromatic heterocycles. The first-order valence-corrected chi connectivity index (χ1v) is 11.2. The van der Waals surface area contributed by atoms with Gasteiger partial charge in [-0.05, 0) is 55.6 Å². The van der Waals surface area contributed by atoms with E-state index < -0.39 is 0 Å². The van der Waals surface area contributed by atoms with Gasteiger partial charge in [-0.25, -0.2) is 5.01 Å². The standard InChI is InChI=1S/C24H24N2O3S/c1-3-27-17-12-10-16(11-13-17)24-26-20(15-19(25-26)22-9-6-14-30-22)18-7-5-8-21(28-4-2)23(18)29-24/h5-14,20,24H,3-4,15H2,1-2H3/t20-,24-/m0/s1. The van der Waals surface area contributed by atoms with Gasteiger partial charge in [-0.1, -0.05) is 18.2 Å². The van der Waals surface area contributed by atoms with Crippen LogP contribution in [0.3, 0.4) is 0 Å². The molecule has 3 aromatic rings. The van der Waals surface area contributed by atoms with Gasteiger partial charge in [0.2, 0.25) is 6.23 Å². The van der Waals surface area contributed by atoms with Crippen LogP contribution < -0.4 is 14.2 Å². The first-order chi connectivity index (χ1) is 14.8. The zero-order valence-corrected chi connectivity index (χ0v) is 17.9. The highest BCUT2D eigenvalue weighted by Gasteiger charge is 2.42. The molecule has 5 nitrogen and oxygen atoms in total. The van der Waals surface area contributed by atoms with Crippen molar-refractivity contribution in [2.24, 2.45) is 5.10 Å². The Morgan fingerprint density at radius 3 is 2.60 bits per heavy atom. The molecule has 2 aliphatic rings. The van der Waals surface area contributed by atoms with Crippen molar-refractivity contribution in [3.05, 3.63) is 76.0 Å². The molecule has 0 aliphatic carbocycles. The molecule has 0 bridgehead atoms. The smallest absolute Gasteiger partial charge is 0.214 e. The third-order valence-corrected chi connectivity index (χ3v) is 6.28. The summed E-state index contributed by atoms with van der Waals surface area (Å²) in [5.74, 6) is 2.46. The number of fused-ring (bicyclic) bond motifs is 3. The summed E-state index contributed by atoms with van der Waals surface area (Å²) in [6.45, 7) is 5.22. The van der Waals surface area contributed by atoms with Crippen LogP contribution >= 0.6 is 11.3 Å². The SMILES string of the molecule is CCOc1ccc([C@@H]2Oc3c(OCC)cccc3[C@@H]3CC(c4cccs4)=NN32)cc1. The highest BCUT2D eigenvalue weighted by Crippen LogP contribution is 2.51. The van der Waals surface area contributed by atoms with Crippen molar-refractivity contribution >= 4 is 17.0 Å². The van der Waals surface area contributed by atoms with Crippen LogP contribution in [0.5, 0.6) is 17.2 Å². The summed E-state index contributed by atoms with van der Waals surface area (Å²) >= 11 is 1.72. The van der Waals surface area contributed by atoms with Gasteiger partial charge >= 0.3 is 0 Å². The summed E-state index contributed by atoms with van der Waals surface area (Å²) < 4.78 is 18.0. The third-order valence-electron chi connectivity index (χ3n) is 5.36. The molecule has 0 radical (unpaired) electrons. The van der Waals surface area contributed by atoms with Gasteiger partial charge in [-0.15, -0.1) is 11.3 Å². The molecule has 2 atom stereocenters. The third kappa shape index (κ3) is 3.31. The van der Waals surface area contributed by atoms with E-state index in [9.17, 15) is 0 Å². The van der Waals surface area contributed by atoms with Gasteiger partial charge < -0.3 is 14.2 Å². The van der Waals surface area contributed by atoms with Crippen molar-refractivity contribution in [1.29, 1.82) is 0 Å². The molecule has 154 valence electrons. The highest BCUT2D eigenvalue weighted by atomic mass is 32.1. The fraction of sp³-hybridized carbons (Fsp3) is 0.292. The van der Waals surface area contributed by atoms with E-state index in [1.165, 1.54) is 4.88 Å². The van der Waals surface area contributed by atoms with Gasteiger partial charge in [0, 0.05) is 17.5 Å². The lowest BCUT2D eigenvalue weighted by atomic mass is 9.97. The molecule has 2 aliphatic heterocycles. The van der Waals surface area contributed by atoms with Crippen LogP contribution in [0.4, 0.5) is 0 Å². The Morgan fingerprint density at radius 1 is 1.03 bits per heavy atom. The van der Waals surface area contributed by atoms with Crippen LogP contribution in [0, 0.1) is 0 Å². The van der Waals surface area contributed by atoms with Crippen molar-refractivity contribution in [2.45, 2.75) is 32.5 Å². The van der Waals surface area contributed by atoms with Gasteiger partial charge in [0.15, 0.2) is 11.5 Å². The first-order valence-electron chi connectivity index (χ1n) is 10.3. The first kappa shape index (κ1) is 19.0. The fourth-order valence-electron chi connectivity index (χ4n) is 4.06. The van der Waals surface area contributed by atoms with Crippen molar-refractivity contribution in [2.75, 3.05) is 13.2 Å². The Hall–Kier alpha value is -2.99. The van der Waals surface area contributed by atoms with Gasteiger partial charge in [-0.2, -0.15) is 5.10 Å². The van der Waals surface area contributed by atoms with Crippen molar-refractivity contribution in [1.82, 2.24) is 5.01 Å². The van der Waals surface area contributed by atoms with E-state index in [2.05, 4.69) is 40.7 Å². The van der Waals surface area contributed by atoms with Crippen molar-refractivity contribution < 1.29 is 14.2 Å². The zero-order valence-electron chi connectivity index (χ0n) is 17.1. The Kier molecular flexibility index (Phi) is 5.09. The second-order valence-corrected chi connectivity index (χ2v) is 8.15. The second kappa shape index (κ2) is 8.03. The average molecular weight is 421 g/mol. The monoisotopic (exact) mass is 420 g/mol. The van der Waals surface area contributed by atoms with Crippen LogP contribution in [-0.4, -0.2) is 23.9 Å². The maximum Gasteiger partial charge on any atom is 0.214 e. The van der Waals surface area contributed by atoms with Crippen molar-refractivity contribution in [3.63, 3.8) is 0 Å². The largest absolute Gasteiger partial charge is 0.494 e. The lowest BCUT2D eigenvalue weighted by Gasteiger charge is -2.38. The number of hydrogen-bond acceptors (Lipinski definition) is 6. The number of ether oxygens (including phenoxy) is 3. The van der Waals surface area contributed by atoms with Crippen LogP contribution in [0.15, 0.2) is 65.1 Å². The molecule has 0 amide bonds. The summed E-state index contributed by atoms with van der Waals surface area (Å²) in [4.78, 5) is 1.21. The van der Waals surface area contributed by atoms with Crippen LogP contribution in [0.2, 0.25) is 0 Å². The Balaban J connectivity index is 1.57. The molecule has 0 unspecified atom stereocenters.